The molecule has 1 aliphatic rings. The van der Waals surface area contributed by atoms with Crippen molar-refractivity contribution in [3.63, 3.8) is 0 Å². The molecule has 5 nitrogen and oxygen atoms in total. The van der Waals surface area contributed by atoms with Gasteiger partial charge in [-0.15, -0.1) is 0 Å². The van der Waals surface area contributed by atoms with Gasteiger partial charge in [-0.1, -0.05) is 0 Å². The summed E-state index contributed by atoms with van der Waals surface area (Å²) in [6, 6.07) is 5.26. The van der Waals surface area contributed by atoms with Gasteiger partial charge in [0.05, 0.1) is 12.0 Å². The smallest absolute Gasteiger partial charge is 0.241 e. The Morgan fingerprint density at radius 3 is 2.67 bits per heavy atom. The molecule has 114 valence electrons. The Morgan fingerprint density at radius 2 is 2.05 bits per heavy atom. The third-order valence-corrected chi connectivity index (χ3v) is 3.89. The number of primary amides is 1. The van der Waals surface area contributed by atoms with Crippen LogP contribution in [0.5, 0.6) is 0 Å². The van der Waals surface area contributed by atoms with Crippen LogP contribution >= 0.6 is 0 Å². The number of rotatable bonds is 4. The third kappa shape index (κ3) is 4.01. The van der Waals surface area contributed by atoms with Gasteiger partial charge in [0.2, 0.25) is 11.8 Å². The Hall–Kier alpha value is -1.95. The Labute approximate surface area is 123 Å². The van der Waals surface area contributed by atoms with Gasteiger partial charge in [0.15, 0.2) is 0 Å². The molecule has 1 saturated heterocycles. The Bertz CT molecular complexity index is 518. The molecule has 2 rings (SSSR count). The Balaban J connectivity index is 1.95. The summed E-state index contributed by atoms with van der Waals surface area (Å²) in [5, 5.41) is 2.75. The fraction of sp³-hybridized carbons (Fsp3) is 0.467. The van der Waals surface area contributed by atoms with Crippen LogP contribution < -0.4 is 11.1 Å². The van der Waals surface area contributed by atoms with Crippen molar-refractivity contribution in [3.8, 4) is 0 Å². The van der Waals surface area contributed by atoms with Gasteiger partial charge in [-0.3, -0.25) is 14.5 Å². The number of carbonyl (C=O) groups excluding carboxylic acids is 2. The zero-order chi connectivity index (χ0) is 15.4. The molecule has 0 spiro atoms. The van der Waals surface area contributed by atoms with Crippen LogP contribution in [0, 0.1) is 11.7 Å². The minimum atomic E-state index is -0.364. The molecular formula is C15H20FN3O2. The van der Waals surface area contributed by atoms with Gasteiger partial charge in [-0.2, -0.15) is 0 Å². The molecule has 0 radical (unpaired) electrons. The summed E-state index contributed by atoms with van der Waals surface area (Å²) in [7, 11) is 0. The number of likely N-dealkylation sites (tertiary alicyclic amines) is 1. The van der Waals surface area contributed by atoms with Crippen LogP contribution in [-0.4, -0.2) is 35.8 Å². The van der Waals surface area contributed by atoms with Crippen LogP contribution in [0.1, 0.15) is 19.8 Å². The van der Waals surface area contributed by atoms with Crippen LogP contribution in [0.3, 0.4) is 0 Å². The van der Waals surface area contributed by atoms with Gasteiger partial charge in [-0.25, -0.2) is 4.39 Å². The minimum absolute atomic E-state index is 0.174. The maximum atomic E-state index is 12.8. The first-order valence-electron chi connectivity index (χ1n) is 7.07. The van der Waals surface area contributed by atoms with Crippen LogP contribution in [0.4, 0.5) is 10.1 Å². The average Bonchev–Trinajstić information content (AvgIpc) is 2.49. The van der Waals surface area contributed by atoms with E-state index >= 15 is 0 Å². The third-order valence-electron chi connectivity index (χ3n) is 3.89. The molecule has 1 aromatic rings. The summed E-state index contributed by atoms with van der Waals surface area (Å²) in [6.07, 6.45) is 1.62. The highest BCUT2D eigenvalue weighted by atomic mass is 19.1. The monoisotopic (exact) mass is 293 g/mol. The Kier molecular flexibility index (Phi) is 4.90. The molecule has 0 bridgehead atoms. The number of benzene rings is 1. The largest absolute Gasteiger partial charge is 0.369 e. The standard InChI is InChI=1S/C15H20FN3O2/c1-10(19-8-2-3-11(9-19)14(17)20)15(21)18-13-6-4-12(16)5-7-13/h4-7,10-11H,2-3,8-9H2,1H3,(H2,17,20)(H,18,21)/t10-,11+/m1/s1. The molecule has 21 heavy (non-hydrogen) atoms. The van der Waals surface area contributed by atoms with Crippen molar-refractivity contribution >= 4 is 17.5 Å². The fourth-order valence-electron chi connectivity index (χ4n) is 2.54. The van der Waals surface area contributed by atoms with Gasteiger partial charge >= 0.3 is 0 Å². The summed E-state index contributed by atoms with van der Waals surface area (Å²) in [6.45, 7) is 3.07. The Morgan fingerprint density at radius 1 is 1.38 bits per heavy atom. The topological polar surface area (TPSA) is 75.4 Å². The second kappa shape index (κ2) is 6.67. The molecule has 0 aromatic heterocycles. The van der Waals surface area contributed by atoms with E-state index in [0.717, 1.165) is 19.4 Å². The van der Waals surface area contributed by atoms with Crippen LogP contribution in [-0.2, 0) is 9.59 Å². The van der Waals surface area contributed by atoms with Crippen molar-refractivity contribution in [2.24, 2.45) is 11.7 Å². The van der Waals surface area contributed by atoms with E-state index in [-0.39, 0.29) is 29.6 Å². The maximum absolute atomic E-state index is 12.8. The van der Waals surface area contributed by atoms with Gasteiger partial charge in [0.1, 0.15) is 5.82 Å². The normalized spacial score (nSPS) is 20.8. The maximum Gasteiger partial charge on any atom is 0.241 e. The predicted molar refractivity (Wildman–Crippen MR) is 78.0 cm³/mol. The first kappa shape index (κ1) is 15.4. The molecule has 1 heterocycles. The number of nitrogens with two attached hydrogens (primary N) is 1. The number of nitrogens with one attached hydrogen (secondary N) is 1. The summed E-state index contributed by atoms with van der Waals surface area (Å²) in [4.78, 5) is 25.4. The second-order valence-corrected chi connectivity index (χ2v) is 5.41. The quantitative estimate of drug-likeness (QED) is 0.880. The molecule has 2 atom stereocenters. The number of piperidine rings is 1. The lowest BCUT2D eigenvalue weighted by Gasteiger charge is -2.34. The van der Waals surface area contributed by atoms with E-state index in [2.05, 4.69) is 5.32 Å². The highest BCUT2D eigenvalue weighted by Gasteiger charge is 2.29. The molecule has 3 N–H and O–H groups in total. The molecular weight excluding hydrogens is 273 g/mol. The summed E-state index contributed by atoms with van der Waals surface area (Å²) in [5.74, 6) is -1.03. The highest BCUT2D eigenvalue weighted by Crippen LogP contribution is 2.19. The lowest BCUT2D eigenvalue weighted by molar-refractivity contribution is -0.127. The number of carbonyl (C=O) groups is 2. The van der Waals surface area contributed by atoms with E-state index in [4.69, 9.17) is 5.73 Å². The first-order chi connectivity index (χ1) is 9.97. The van der Waals surface area contributed by atoms with E-state index in [0.29, 0.717) is 12.2 Å². The minimum Gasteiger partial charge on any atom is -0.369 e. The van der Waals surface area contributed by atoms with Crippen molar-refractivity contribution in [1.82, 2.24) is 4.90 Å². The van der Waals surface area contributed by atoms with Gasteiger partial charge in [0.25, 0.3) is 0 Å². The lowest BCUT2D eigenvalue weighted by atomic mass is 9.96. The van der Waals surface area contributed by atoms with Crippen molar-refractivity contribution in [2.75, 3.05) is 18.4 Å². The molecule has 2 amide bonds. The number of hydrogen-bond donors (Lipinski definition) is 2. The number of nitrogens with zero attached hydrogens (tertiary/aromatic N) is 1. The van der Waals surface area contributed by atoms with Crippen molar-refractivity contribution in [3.05, 3.63) is 30.1 Å². The molecule has 1 aliphatic heterocycles. The van der Waals surface area contributed by atoms with E-state index in [9.17, 15) is 14.0 Å². The van der Waals surface area contributed by atoms with E-state index in [1.165, 1.54) is 24.3 Å². The van der Waals surface area contributed by atoms with Crippen LogP contribution in [0.15, 0.2) is 24.3 Å². The van der Waals surface area contributed by atoms with Crippen molar-refractivity contribution in [1.29, 1.82) is 0 Å². The van der Waals surface area contributed by atoms with Gasteiger partial charge in [0, 0.05) is 12.2 Å². The second-order valence-electron chi connectivity index (χ2n) is 5.41. The van der Waals surface area contributed by atoms with E-state index in [1.54, 1.807) is 6.92 Å². The highest BCUT2D eigenvalue weighted by molar-refractivity contribution is 5.94. The molecule has 6 heteroatoms. The summed E-state index contributed by atoms with van der Waals surface area (Å²) >= 11 is 0. The first-order valence-corrected chi connectivity index (χ1v) is 7.07. The molecule has 1 aromatic carbocycles. The van der Waals surface area contributed by atoms with Crippen LogP contribution in [0.25, 0.3) is 0 Å². The average molecular weight is 293 g/mol. The summed E-state index contributed by atoms with van der Waals surface area (Å²) < 4.78 is 12.8. The zero-order valence-electron chi connectivity index (χ0n) is 12.0. The number of hydrogen-bond acceptors (Lipinski definition) is 3. The van der Waals surface area contributed by atoms with Gasteiger partial charge < -0.3 is 11.1 Å². The van der Waals surface area contributed by atoms with Crippen molar-refractivity contribution < 1.29 is 14.0 Å². The SMILES string of the molecule is C[C@H](C(=O)Nc1ccc(F)cc1)N1CCC[C@H](C(N)=O)C1. The van der Waals surface area contributed by atoms with E-state index in [1.807, 2.05) is 4.90 Å². The van der Waals surface area contributed by atoms with Crippen LogP contribution in [0.2, 0.25) is 0 Å². The van der Waals surface area contributed by atoms with Crippen molar-refractivity contribution in [2.45, 2.75) is 25.8 Å². The molecule has 0 saturated carbocycles. The number of halogens is 1. The predicted octanol–water partition coefficient (Wildman–Crippen LogP) is 1.35. The number of anilines is 1. The summed E-state index contributed by atoms with van der Waals surface area (Å²) in [5.41, 5.74) is 5.89. The fourth-order valence-corrected chi connectivity index (χ4v) is 2.54. The molecule has 1 fully saturated rings. The number of amides is 2. The lowest BCUT2D eigenvalue weighted by Crippen LogP contribution is -2.49. The van der Waals surface area contributed by atoms with E-state index < -0.39 is 0 Å². The zero-order valence-corrected chi connectivity index (χ0v) is 12.0. The van der Waals surface area contributed by atoms with Gasteiger partial charge in [-0.05, 0) is 50.6 Å². The molecule has 0 aliphatic carbocycles. The molecule has 0 unspecified atom stereocenters.